The van der Waals surface area contributed by atoms with Gasteiger partial charge in [-0.15, -0.1) is 0 Å². The molecule has 1 N–H and O–H groups in total. The highest BCUT2D eigenvalue weighted by molar-refractivity contribution is 7.99. The Balaban J connectivity index is 1.81. The minimum absolute atomic E-state index is 0.0108. The predicted octanol–water partition coefficient (Wildman–Crippen LogP) is 3.77. The second-order valence-corrected chi connectivity index (χ2v) is 8.63. The van der Waals surface area contributed by atoms with Crippen molar-refractivity contribution >= 4 is 35.2 Å². The SMILES string of the molecule is CC(=O)C1CNCCN1C(=O)C=Cc1ccc(Sc2ccc(C)cc2C)c([N+](=O)[O-])c1. The molecule has 0 saturated carbocycles. The molecule has 0 radical (unpaired) electrons. The van der Waals surface area contributed by atoms with E-state index in [1.54, 1.807) is 18.2 Å². The van der Waals surface area contributed by atoms with Crippen LogP contribution >= 0.6 is 11.8 Å². The highest BCUT2D eigenvalue weighted by atomic mass is 32.2. The first kappa shape index (κ1) is 22.7. The van der Waals surface area contributed by atoms with Gasteiger partial charge in [0.25, 0.3) is 5.69 Å². The largest absolute Gasteiger partial charge is 0.327 e. The molecular weight excluding hydrogens is 414 g/mol. The highest BCUT2D eigenvalue weighted by Crippen LogP contribution is 2.37. The summed E-state index contributed by atoms with van der Waals surface area (Å²) < 4.78 is 0. The number of Topliss-reactive ketones (excluding diaryl/α,β-unsaturated/α-hetero) is 1. The number of nitrogens with zero attached hydrogens (tertiary/aromatic N) is 2. The molecule has 8 heteroatoms. The fourth-order valence-electron chi connectivity index (χ4n) is 3.49. The molecular formula is C23H25N3O4S. The first-order valence-electron chi connectivity index (χ1n) is 9.99. The molecule has 1 aliphatic heterocycles. The fraction of sp³-hybridized carbons (Fsp3) is 0.304. The molecule has 0 bridgehead atoms. The normalized spacial score (nSPS) is 16.5. The van der Waals surface area contributed by atoms with E-state index in [1.807, 2.05) is 32.0 Å². The number of hydrogen-bond donors (Lipinski definition) is 1. The summed E-state index contributed by atoms with van der Waals surface area (Å²) in [6.45, 7) is 6.96. The van der Waals surface area contributed by atoms with Gasteiger partial charge in [0.15, 0.2) is 5.78 Å². The third-order valence-electron chi connectivity index (χ3n) is 5.14. The van der Waals surface area contributed by atoms with E-state index in [1.165, 1.54) is 35.7 Å². The lowest BCUT2D eigenvalue weighted by atomic mass is 10.1. The Morgan fingerprint density at radius 3 is 2.61 bits per heavy atom. The van der Waals surface area contributed by atoms with Crippen molar-refractivity contribution in [2.24, 2.45) is 0 Å². The molecule has 1 fully saturated rings. The molecule has 1 atom stereocenters. The standard InChI is InChI=1S/C23H25N3O4S/c1-15-4-7-21(16(2)12-15)31-22-8-5-18(13-19(22)26(29)30)6-9-23(28)25-11-10-24-14-20(25)17(3)27/h4-9,12-13,20,24H,10-11,14H2,1-3H3. The van der Waals surface area contributed by atoms with Crippen LogP contribution in [-0.4, -0.2) is 47.2 Å². The van der Waals surface area contributed by atoms with E-state index in [4.69, 9.17) is 0 Å². The van der Waals surface area contributed by atoms with Gasteiger partial charge in [-0.2, -0.15) is 0 Å². The van der Waals surface area contributed by atoms with Crippen LogP contribution in [0, 0.1) is 24.0 Å². The average Bonchev–Trinajstić information content (AvgIpc) is 2.74. The summed E-state index contributed by atoms with van der Waals surface area (Å²) in [5.74, 6) is -0.351. The number of nitrogens with one attached hydrogen (secondary N) is 1. The molecule has 3 rings (SSSR count). The molecule has 0 aliphatic carbocycles. The summed E-state index contributed by atoms with van der Waals surface area (Å²) in [6.07, 6.45) is 2.93. The average molecular weight is 440 g/mol. The maximum Gasteiger partial charge on any atom is 0.283 e. The van der Waals surface area contributed by atoms with Gasteiger partial charge in [-0.3, -0.25) is 19.7 Å². The lowest BCUT2D eigenvalue weighted by molar-refractivity contribution is -0.387. The zero-order valence-corrected chi connectivity index (χ0v) is 18.6. The summed E-state index contributed by atoms with van der Waals surface area (Å²) in [7, 11) is 0. The molecule has 1 saturated heterocycles. The molecule has 0 aromatic heterocycles. The number of hydrogen-bond acceptors (Lipinski definition) is 6. The van der Waals surface area contributed by atoms with Crippen molar-refractivity contribution in [1.82, 2.24) is 10.2 Å². The molecule has 1 aliphatic rings. The fourth-order valence-corrected chi connectivity index (χ4v) is 4.46. The van der Waals surface area contributed by atoms with Crippen LogP contribution in [0.25, 0.3) is 6.08 Å². The Morgan fingerprint density at radius 1 is 1.19 bits per heavy atom. The molecule has 1 heterocycles. The number of nitro benzene ring substituents is 1. The third kappa shape index (κ3) is 5.59. The Bertz CT molecular complexity index is 1050. The van der Waals surface area contributed by atoms with Crippen LogP contribution in [-0.2, 0) is 9.59 Å². The Morgan fingerprint density at radius 2 is 1.94 bits per heavy atom. The maximum atomic E-state index is 12.6. The quantitative estimate of drug-likeness (QED) is 0.418. The first-order valence-corrected chi connectivity index (χ1v) is 10.8. The van der Waals surface area contributed by atoms with Gasteiger partial charge in [0, 0.05) is 36.7 Å². The van der Waals surface area contributed by atoms with Gasteiger partial charge >= 0.3 is 0 Å². The predicted molar refractivity (Wildman–Crippen MR) is 121 cm³/mol. The molecule has 2 aromatic carbocycles. The maximum absolute atomic E-state index is 12.6. The summed E-state index contributed by atoms with van der Waals surface area (Å²) in [6, 6.07) is 10.4. The van der Waals surface area contributed by atoms with Gasteiger partial charge in [0.2, 0.25) is 5.91 Å². The number of benzene rings is 2. The monoisotopic (exact) mass is 439 g/mol. The summed E-state index contributed by atoms with van der Waals surface area (Å²) in [5.41, 5.74) is 2.74. The van der Waals surface area contributed by atoms with Crippen molar-refractivity contribution in [2.45, 2.75) is 36.6 Å². The van der Waals surface area contributed by atoms with E-state index in [0.717, 1.165) is 16.0 Å². The van der Waals surface area contributed by atoms with Crippen molar-refractivity contribution in [3.8, 4) is 0 Å². The van der Waals surface area contributed by atoms with Crippen LogP contribution < -0.4 is 5.32 Å². The van der Waals surface area contributed by atoms with Crippen LogP contribution in [0.5, 0.6) is 0 Å². The van der Waals surface area contributed by atoms with Crippen molar-refractivity contribution in [2.75, 3.05) is 19.6 Å². The van der Waals surface area contributed by atoms with Gasteiger partial charge in [0.1, 0.15) is 6.04 Å². The second kappa shape index (κ2) is 9.89. The number of rotatable bonds is 6. The minimum Gasteiger partial charge on any atom is -0.327 e. The molecule has 162 valence electrons. The van der Waals surface area contributed by atoms with E-state index in [0.29, 0.717) is 30.1 Å². The van der Waals surface area contributed by atoms with E-state index in [9.17, 15) is 19.7 Å². The number of carbonyl (C=O) groups excluding carboxylic acids is 2. The third-order valence-corrected chi connectivity index (χ3v) is 6.39. The van der Waals surface area contributed by atoms with E-state index in [-0.39, 0.29) is 17.4 Å². The van der Waals surface area contributed by atoms with Crippen LogP contribution in [0.4, 0.5) is 5.69 Å². The van der Waals surface area contributed by atoms with Gasteiger partial charge in [-0.25, -0.2) is 0 Å². The first-order chi connectivity index (χ1) is 14.8. The summed E-state index contributed by atoms with van der Waals surface area (Å²) in [4.78, 5) is 38.7. The van der Waals surface area contributed by atoms with Crippen molar-refractivity contribution in [3.63, 3.8) is 0 Å². The highest BCUT2D eigenvalue weighted by Gasteiger charge is 2.28. The molecule has 2 aromatic rings. The Hall–Kier alpha value is -2.97. The lowest BCUT2D eigenvalue weighted by Gasteiger charge is -2.33. The van der Waals surface area contributed by atoms with E-state index < -0.39 is 11.0 Å². The van der Waals surface area contributed by atoms with Crippen LogP contribution in [0.15, 0.2) is 52.3 Å². The zero-order valence-electron chi connectivity index (χ0n) is 17.8. The molecule has 7 nitrogen and oxygen atoms in total. The smallest absolute Gasteiger partial charge is 0.283 e. The summed E-state index contributed by atoms with van der Waals surface area (Å²) >= 11 is 1.35. The Labute approximate surface area is 185 Å². The number of carbonyl (C=O) groups is 2. The summed E-state index contributed by atoms with van der Waals surface area (Å²) in [5, 5.41) is 14.8. The lowest BCUT2D eigenvalue weighted by Crippen LogP contribution is -2.56. The number of nitro groups is 1. The number of aryl methyl sites for hydroxylation is 2. The second-order valence-electron chi connectivity index (χ2n) is 7.55. The van der Waals surface area contributed by atoms with Crippen LogP contribution in [0.1, 0.15) is 23.6 Å². The minimum atomic E-state index is -0.489. The molecule has 1 amide bonds. The molecule has 31 heavy (non-hydrogen) atoms. The van der Waals surface area contributed by atoms with Crippen LogP contribution in [0.3, 0.4) is 0 Å². The number of ketones is 1. The zero-order chi connectivity index (χ0) is 22.5. The van der Waals surface area contributed by atoms with E-state index in [2.05, 4.69) is 5.32 Å². The van der Waals surface area contributed by atoms with Gasteiger partial charge in [-0.1, -0.05) is 35.5 Å². The van der Waals surface area contributed by atoms with Gasteiger partial charge in [-0.05, 0) is 50.1 Å². The van der Waals surface area contributed by atoms with E-state index >= 15 is 0 Å². The molecule has 1 unspecified atom stereocenters. The van der Waals surface area contributed by atoms with Gasteiger partial charge < -0.3 is 10.2 Å². The number of piperazine rings is 1. The van der Waals surface area contributed by atoms with Gasteiger partial charge in [0.05, 0.1) is 9.82 Å². The van der Waals surface area contributed by atoms with Crippen molar-refractivity contribution < 1.29 is 14.5 Å². The topological polar surface area (TPSA) is 92.6 Å². The van der Waals surface area contributed by atoms with Crippen molar-refractivity contribution in [3.05, 3.63) is 69.3 Å². The molecule has 0 spiro atoms. The Kier molecular flexibility index (Phi) is 7.25. The number of amides is 1. The van der Waals surface area contributed by atoms with Crippen molar-refractivity contribution in [1.29, 1.82) is 0 Å². The van der Waals surface area contributed by atoms with Crippen LogP contribution in [0.2, 0.25) is 0 Å².